The SMILES string of the molecule is Cc1ccc(CN2CCCC23CCN(C(=O)n2ccc(NS(C)(=O)=O)n2)CC3)c(Cl)c1. The molecule has 31 heavy (non-hydrogen) atoms. The van der Waals surface area contributed by atoms with Gasteiger partial charge in [0.2, 0.25) is 10.0 Å². The summed E-state index contributed by atoms with van der Waals surface area (Å²) in [4.78, 5) is 17.2. The summed E-state index contributed by atoms with van der Waals surface area (Å²) in [6.07, 6.45) is 6.62. The molecule has 0 atom stereocenters. The molecule has 0 saturated carbocycles. The molecular weight excluding hydrogens is 438 g/mol. The molecule has 1 aromatic carbocycles. The van der Waals surface area contributed by atoms with Crippen molar-refractivity contribution in [2.75, 3.05) is 30.6 Å². The first-order valence-electron chi connectivity index (χ1n) is 10.5. The second-order valence-electron chi connectivity index (χ2n) is 8.63. The Hall–Kier alpha value is -2.10. The third kappa shape index (κ3) is 4.88. The number of hydrogen-bond acceptors (Lipinski definition) is 5. The molecule has 168 valence electrons. The minimum atomic E-state index is -3.43. The van der Waals surface area contributed by atoms with Crippen LogP contribution in [0, 0.1) is 6.92 Å². The van der Waals surface area contributed by atoms with Crippen LogP contribution in [0.25, 0.3) is 0 Å². The van der Waals surface area contributed by atoms with E-state index >= 15 is 0 Å². The number of aryl methyl sites for hydroxylation is 1. The Morgan fingerprint density at radius 2 is 1.94 bits per heavy atom. The third-order valence-electron chi connectivity index (χ3n) is 6.35. The molecule has 1 amide bonds. The van der Waals surface area contributed by atoms with E-state index in [0.717, 1.165) is 61.2 Å². The topological polar surface area (TPSA) is 87.5 Å². The lowest BCUT2D eigenvalue weighted by Crippen LogP contribution is -2.53. The van der Waals surface area contributed by atoms with Gasteiger partial charge in [-0.3, -0.25) is 9.62 Å². The van der Waals surface area contributed by atoms with Crippen molar-refractivity contribution in [2.45, 2.75) is 44.7 Å². The molecule has 10 heteroatoms. The van der Waals surface area contributed by atoms with Gasteiger partial charge >= 0.3 is 6.03 Å². The Bertz CT molecular complexity index is 1080. The molecule has 0 radical (unpaired) electrons. The summed E-state index contributed by atoms with van der Waals surface area (Å²) < 4.78 is 26.2. The molecule has 1 aromatic heterocycles. The fourth-order valence-electron chi connectivity index (χ4n) is 4.73. The Labute approximate surface area is 188 Å². The molecule has 2 aliphatic rings. The number of likely N-dealkylation sites (tertiary alicyclic amines) is 2. The van der Waals surface area contributed by atoms with E-state index in [1.165, 1.54) is 16.9 Å². The van der Waals surface area contributed by atoms with Crippen molar-refractivity contribution < 1.29 is 13.2 Å². The molecule has 8 nitrogen and oxygen atoms in total. The highest BCUT2D eigenvalue weighted by atomic mass is 35.5. The number of nitrogens with one attached hydrogen (secondary N) is 1. The highest BCUT2D eigenvalue weighted by Gasteiger charge is 2.44. The van der Waals surface area contributed by atoms with Gasteiger partial charge < -0.3 is 4.90 Å². The van der Waals surface area contributed by atoms with Crippen LogP contribution in [0.2, 0.25) is 5.02 Å². The van der Waals surface area contributed by atoms with E-state index in [1.54, 1.807) is 4.90 Å². The van der Waals surface area contributed by atoms with E-state index in [1.807, 2.05) is 13.0 Å². The number of halogens is 1. The molecule has 4 rings (SSSR count). The average Bonchev–Trinajstić information content (AvgIpc) is 3.30. The molecule has 1 spiro atoms. The van der Waals surface area contributed by atoms with Crippen molar-refractivity contribution in [3.05, 3.63) is 46.6 Å². The van der Waals surface area contributed by atoms with Gasteiger partial charge in [-0.15, -0.1) is 5.10 Å². The fraction of sp³-hybridized carbons (Fsp3) is 0.524. The minimum Gasteiger partial charge on any atom is -0.323 e. The fourth-order valence-corrected chi connectivity index (χ4v) is 5.51. The van der Waals surface area contributed by atoms with Gasteiger partial charge in [-0.1, -0.05) is 23.7 Å². The molecule has 0 aliphatic carbocycles. The zero-order valence-electron chi connectivity index (χ0n) is 17.8. The lowest BCUT2D eigenvalue weighted by molar-refractivity contribution is 0.0585. The van der Waals surface area contributed by atoms with Gasteiger partial charge in [-0.2, -0.15) is 4.68 Å². The van der Waals surface area contributed by atoms with Crippen LogP contribution in [-0.4, -0.2) is 65.5 Å². The molecule has 1 N–H and O–H groups in total. The Kier molecular flexibility index (Phi) is 6.02. The number of amides is 1. The number of sulfonamides is 1. The van der Waals surface area contributed by atoms with Crippen molar-refractivity contribution in [3.63, 3.8) is 0 Å². The number of carbonyl (C=O) groups excluding carboxylic acids is 1. The van der Waals surface area contributed by atoms with Crippen molar-refractivity contribution in [2.24, 2.45) is 0 Å². The van der Waals surface area contributed by atoms with Gasteiger partial charge in [-0.05, 0) is 56.3 Å². The number of hydrogen-bond donors (Lipinski definition) is 1. The van der Waals surface area contributed by atoms with E-state index in [0.29, 0.717) is 13.1 Å². The van der Waals surface area contributed by atoms with Crippen LogP contribution < -0.4 is 4.72 Å². The van der Waals surface area contributed by atoms with Crippen LogP contribution in [0.5, 0.6) is 0 Å². The number of benzene rings is 1. The summed E-state index contributed by atoms with van der Waals surface area (Å²) in [5, 5.41) is 4.87. The standard InChI is InChI=1S/C21H28ClN5O3S/c1-16-4-5-17(18(22)14-16)15-26-10-3-7-21(26)8-12-25(13-9-21)20(28)27-11-6-19(23-27)24-31(2,29)30/h4-6,11,14H,3,7-10,12-13,15H2,1-2H3,(H,23,24). The second kappa shape index (κ2) is 8.44. The minimum absolute atomic E-state index is 0.0954. The third-order valence-corrected chi connectivity index (χ3v) is 7.28. The molecular formula is C21H28ClN5O3S. The van der Waals surface area contributed by atoms with Gasteiger partial charge in [0, 0.05) is 42.5 Å². The molecule has 0 unspecified atom stereocenters. The van der Waals surface area contributed by atoms with Crippen LogP contribution in [0.15, 0.2) is 30.5 Å². The van der Waals surface area contributed by atoms with Crippen molar-refractivity contribution in [3.8, 4) is 0 Å². The first-order chi connectivity index (χ1) is 14.7. The zero-order valence-corrected chi connectivity index (χ0v) is 19.4. The Balaban J connectivity index is 1.40. The van der Waals surface area contributed by atoms with E-state index in [4.69, 9.17) is 11.6 Å². The van der Waals surface area contributed by atoms with Gasteiger partial charge in [0.25, 0.3) is 0 Å². The molecule has 2 fully saturated rings. The molecule has 3 heterocycles. The van der Waals surface area contributed by atoms with E-state index in [2.05, 4.69) is 26.9 Å². The van der Waals surface area contributed by atoms with E-state index in [-0.39, 0.29) is 17.4 Å². The predicted molar refractivity (Wildman–Crippen MR) is 121 cm³/mol. The first kappa shape index (κ1) is 22.1. The largest absolute Gasteiger partial charge is 0.344 e. The Morgan fingerprint density at radius 1 is 1.19 bits per heavy atom. The quantitative estimate of drug-likeness (QED) is 0.748. The van der Waals surface area contributed by atoms with Crippen LogP contribution in [0.4, 0.5) is 10.6 Å². The highest BCUT2D eigenvalue weighted by molar-refractivity contribution is 7.92. The van der Waals surface area contributed by atoms with E-state index in [9.17, 15) is 13.2 Å². The predicted octanol–water partition coefficient (Wildman–Crippen LogP) is 3.32. The van der Waals surface area contributed by atoms with Crippen molar-refractivity contribution in [1.82, 2.24) is 19.6 Å². The molecule has 2 aliphatic heterocycles. The van der Waals surface area contributed by atoms with Crippen LogP contribution in [0.3, 0.4) is 0 Å². The summed E-state index contributed by atoms with van der Waals surface area (Å²) in [7, 11) is -3.43. The number of carbonyl (C=O) groups is 1. The smallest absolute Gasteiger partial charge is 0.323 e. The van der Waals surface area contributed by atoms with Crippen molar-refractivity contribution in [1.29, 1.82) is 0 Å². The zero-order chi connectivity index (χ0) is 22.2. The number of piperidine rings is 1. The number of anilines is 1. The normalized spacial score (nSPS) is 19.1. The average molecular weight is 466 g/mol. The maximum Gasteiger partial charge on any atom is 0.344 e. The second-order valence-corrected chi connectivity index (χ2v) is 10.8. The molecule has 0 bridgehead atoms. The van der Waals surface area contributed by atoms with Crippen LogP contribution >= 0.6 is 11.6 Å². The maximum atomic E-state index is 12.8. The summed E-state index contributed by atoms with van der Waals surface area (Å²) in [5.74, 6) is 0.140. The summed E-state index contributed by atoms with van der Waals surface area (Å²) in [5.41, 5.74) is 2.40. The summed E-state index contributed by atoms with van der Waals surface area (Å²) in [6.45, 7) is 5.20. The lowest BCUT2D eigenvalue weighted by atomic mass is 9.84. The summed E-state index contributed by atoms with van der Waals surface area (Å²) >= 11 is 6.48. The van der Waals surface area contributed by atoms with Gasteiger partial charge in [0.05, 0.1) is 6.26 Å². The van der Waals surface area contributed by atoms with E-state index < -0.39 is 10.0 Å². The number of aromatic nitrogens is 2. The molecule has 2 aromatic rings. The number of rotatable bonds is 4. The lowest BCUT2D eigenvalue weighted by Gasteiger charge is -2.45. The molecule has 2 saturated heterocycles. The first-order valence-corrected chi connectivity index (χ1v) is 12.7. The van der Waals surface area contributed by atoms with Gasteiger partial charge in [-0.25, -0.2) is 13.2 Å². The van der Waals surface area contributed by atoms with Gasteiger partial charge in [0.15, 0.2) is 5.82 Å². The maximum absolute atomic E-state index is 12.8. The van der Waals surface area contributed by atoms with Crippen LogP contribution in [0.1, 0.15) is 36.8 Å². The monoisotopic (exact) mass is 465 g/mol. The Morgan fingerprint density at radius 3 is 2.61 bits per heavy atom. The summed E-state index contributed by atoms with van der Waals surface area (Å²) in [6, 6.07) is 7.47. The van der Waals surface area contributed by atoms with Crippen LogP contribution in [-0.2, 0) is 16.6 Å². The highest BCUT2D eigenvalue weighted by Crippen LogP contribution is 2.40. The van der Waals surface area contributed by atoms with Gasteiger partial charge in [0.1, 0.15) is 0 Å². The van der Waals surface area contributed by atoms with Crippen molar-refractivity contribution >= 4 is 33.5 Å². The number of nitrogens with zero attached hydrogens (tertiary/aromatic N) is 4.